The maximum atomic E-state index is 2.32. The van der Waals surface area contributed by atoms with E-state index in [-0.39, 0.29) is 0 Å². The summed E-state index contributed by atoms with van der Waals surface area (Å²) in [6, 6.07) is 88.3. The number of rotatable bonds is 8. The monoisotopic (exact) mass is 786 g/mol. The van der Waals surface area contributed by atoms with Crippen LogP contribution in [-0.2, 0) is 0 Å². The van der Waals surface area contributed by atoms with Gasteiger partial charge in [0.1, 0.15) is 0 Å². The highest BCUT2D eigenvalue weighted by Gasteiger charge is 2.17. The molecule has 0 fully saturated rings. The predicted octanol–water partition coefficient (Wildman–Crippen LogP) is 17.3. The first-order valence-corrected chi connectivity index (χ1v) is 21.4. The highest BCUT2D eigenvalue weighted by Crippen LogP contribution is 2.44. The number of fused-ring (bicyclic) bond motifs is 3. The second-order valence-corrected chi connectivity index (χ2v) is 16.0. The van der Waals surface area contributed by atoms with Crippen LogP contribution in [0.1, 0.15) is 11.1 Å². The van der Waals surface area contributed by atoms with Crippen LogP contribution in [0.5, 0.6) is 0 Å². The number of hydrogen-bond acceptors (Lipinski definition) is 0. The molecule has 0 atom stereocenters. The Morgan fingerprint density at radius 1 is 0.210 bits per heavy atom. The first-order chi connectivity index (χ1) is 30.7. The molecular weight excluding hydrogens is 745 g/mol. The summed E-state index contributed by atoms with van der Waals surface area (Å²) in [5, 5.41) is 7.52. The summed E-state index contributed by atoms with van der Waals surface area (Å²) < 4.78 is 0. The molecule has 0 N–H and O–H groups in total. The zero-order chi connectivity index (χ0) is 41.2. The van der Waals surface area contributed by atoms with Crippen LogP contribution >= 0.6 is 0 Å². The van der Waals surface area contributed by atoms with E-state index < -0.39 is 0 Å². The van der Waals surface area contributed by atoms with E-state index in [0.717, 1.165) is 0 Å². The van der Waals surface area contributed by atoms with Gasteiger partial charge in [0.2, 0.25) is 0 Å². The van der Waals surface area contributed by atoms with Crippen molar-refractivity contribution >= 4 is 44.5 Å². The first-order valence-electron chi connectivity index (χ1n) is 21.4. The third-order valence-electron chi connectivity index (χ3n) is 12.3. The van der Waals surface area contributed by atoms with Gasteiger partial charge in [0.15, 0.2) is 0 Å². The van der Waals surface area contributed by atoms with Crippen LogP contribution < -0.4 is 0 Å². The maximum Gasteiger partial charge on any atom is -0.00264 e. The summed E-state index contributed by atoms with van der Waals surface area (Å²) in [6.07, 6.45) is 4.48. The molecule has 0 nitrogen and oxygen atoms in total. The number of hydrogen-bond donors (Lipinski definition) is 0. The van der Waals surface area contributed by atoms with E-state index in [1.54, 1.807) is 0 Å². The van der Waals surface area contributed by atoms with Crippen LogP contribution in [-0.4, -0.2) is 0 Å². The highest BCUT2D eigenvalue weighted by atomic mass is 14.2. The van der Waals surface area contributed by atoms with Crippen molar-refractivity contribution in [2.75, 3.05) is 0 Å². The molecule has 0 heterocycles. The Balaban J connectivity index is 0.953. The van der Waals surface area contributed by atoms with E-state index in [4.69, 9.17) is 0 Å². The Labute approximate surface area is 363 Å². The SMILES string of the molecule is C(=C\c1ccc(-c2ccccc2)c2ccccc12)/c1ccc(-c2c3ccccc3c(-c3ccc(-c4cc(-c5ccccc5)cc(-c5ccccc5)c4)cc3)c3ccccc23)cc1. The lowest BCUT2D eigenvalue weighted by Gasteiger charge is -2.18. The smallest absolute Gasteiger partial charge is 0.00264 e. The van der Waals surface area contributed by atoms with Crippen molar-refractivity contribution < 1.29 is 0 Å². The molecule has 0 saturated carbocycles. The van der Waals surface area contributed by atoms with Gasteiger partial charge in [0.25, 0.3) is 0 Å². The van der Waals surface area contributed by atoms with E-state index in [9.17, 15) is 0 Å². The zero-order valence-electron chi connectivity index (χ0n) is 34.2. The normalized spacial score (nSPS) is 11.5. The Morgan fingerprint density at radius 2 is 0.565 bits per heavy atom. The topological polar surface area (TPSA) is 0 Å². The fourth-order valence-electron chi connectivity index (χ4n) is 9.25. The Bertz CT molecular complexity index is 3280. The van der Waals surface area contributed by atoms with Gasteiger partial charge in [-0.2, -0.15) is 0 Å². The second-order valence-electron chi connectivity index (χ2n) is 16.0. The van der Waals surface area contributed by atoms with Gasteiger partial charge in [-0.3, -0.25) is 0 Å². The van der Waals surface area contributed by atoms with Gasteiger partial charge in [0.05, 0.1) is 0 Å². The van der Waals surface area contributed by atoms with E-state index >= 15 is 0 Å². The van der Waals surface area contributed by atoms with Gasteiger partial charge in [-0.25, -0.2) is 0 Å². The minimum atomic E-state index is 1.17. The number of benzene rings is 11. The Hall–Kier alpha value is -8.06. The summed E-state index contributed by atoms with van der Waals surface area (Å²) >= 11 is 0. The van der Waals surface area contributed by atoms with Crippen molar-refractivity contribution in [2.24, 2.45) is 0 Å². The molecule has 0 unspecified atom stereocenters. The Morgan fingerprint density at radius 3 is 1.03 bits per heavy atom. The molecule has 11 aromatic rings. The summed E-state index contributed by atoms with van der Waals surface area (Å²) in [7, 11) is 0. The predicted molar refractivity (Wildman–Crippen MR) is 267 cm³/mol. The molecule has 11 aromatic carbocycles. The molecule has 0 aliphatic rings. The van der Waals surface area contributed by atoms with Gasteiger partial charge < -0.3 is 0 Å². The van der Waals surface area contributed by atoms with Gasteiger partial charge in [-0.15, -0.1) is 0 Å². The van der Waals surface area contributed by atoms with Gasteiger partial charge in [0, 0.05) is 0 Å². The molecule has 62 heavy (non-hydrogen) atoms. The van der Waals surface area contributed by atoms with Gasteiger partial charge >= 0.3 is 0 Å². The molecule has 0 spiro atoms. The standard InChI is InChI=1S/C62H42/c1-4-16-44(17-5-1)51-40-52(45-18-6-2-7-19-45)42-53(41-51)46-34-36-50(37-35-46)62-59-26-14-12-24-57(59)61(58-25-13-15-27-60(58)62)49-32-29-43(30-33-49)28-31-48-38-39-55(47-20-8-3-9-21-47)56-23-11-10-22-54(48)56/h1-42H/b31-28+. The summed E-state index contributed by atoms with van der Waals surface area (Å²) in [6.45, 7) is 0. The lowest BCUT2D eigenvalue weighted by atomic mass is 9.85. The van der Waals surface area contributed by atoms with Crippen LogP contribution in [0, 0.1) is 0 Å². The third-order valence-corrected chi connectivity index (χ3v) is 12.3. The fourth-order valence-corrected chi connectivity index (χ4v) is 9.25. The van der Waals surface area contributed by atoms with E-state index in [1.807, 2.05) is 0 Å². The third kappa shape index (κ3) is 6.98. The summed E-state index contributed by atoms with van der Waals surface area (Å²) in [4.78, 5) is 0. The summed E-state index contributed by atoms with van der Waals surface area (Å²) in [5.74, 6) is 0. The molecule has 0 aromatic heterocycles. The summed E-state index contributed by atoms with van der Waals surface area (Å²) in [5.41, 5.74) is 17.1. The minimum absolute atomic E-state index is 1.17. The van der Waals surface area contributed by atoms with Crippen molar-refractivity contribution in [2.45, 2.75) is 0 Å². The molecule has 0 amide bonds. The van der Waals surface area contributed by atoms with Crippen molar-refractivity contribution in [3.63, 3.8) is 0 Å². The molecule has 0 radical (unpaired) electrons. The lowest BCUT2D eigenvalue weighted by molar-refractivity contribution is 1.56. The molecule has 290 valence electrons. The van der Waals surface area contributed by atoms with Crippen molar-refractivity contribution in [3.05, 3.63) is 254 Å². The quantitative estimate of drug-likeness (QED) is 0.106. The van der Waals surface area contributed by atoms with Crippen LogP contribution in [0.15, 0.2) is 243 Å². The average Bonchev–Trinajstić information content (AvgIpc) is 3.36. The molecular formula is C62H42. The minimum Gasteiger partial charge on any atom is -0.0622 e. The highest BCUT2D eigenvalue weighted by molar-refractivity contribution is 6.21. The van der Waals surface area contributed by atoms with E-state index in [0.29, 0.717) is 0 Å². The van der Waals surface area contributed by atoms with Crippen LogP contribution in [0.4, 0.5) is 0 Å². The molecule has 0 saturated heterocycles. The molecule has 11 rings (SSSR count). The van der Waals surface area contributed by atoms with Gasteiger partial charge in [-0.05, 0) is 128 Å². The van der Waals surface area contributed by atoms with Gasteiger partial charge in [-0.1, -0.05) is 237 Å². The van der Waals surface area contributed by atoms with E-state index in [1.165, 1.54) is 110 Å². The first kappa shape index (κ1) is 37.0. The zero-order valence-corrected chi connectivity index (χ0v) is 34.2. The van der Waals surface area contributed by atoms with Crippen LogP contribution in [0.3, 0.4) is 0 Å². The Kier molecular flexibility index (Phi) is 9.65. The van der Waals surface area contributed by atoms with Crippen LogP contribution in [0.25, 0.3) is 111 Å². The van der Waals surface area contributed by atoms with Crippen molar-refractivity contribution in [1.29, 1.82) is 0 Å². The largest absolute Gasteiger partial charge is 0.0622 e. The lowest BCUT2D eigenvalue weighted by Crippen LogP contribution is -1.91. The van der Waals surface area contributed by atoms with Crippen molar-refractivity contribution in [1.82, 2.24) is 0 Å². The van der Waals surface area contributed by atoms with Crippen LogP contribution in [0.2, 0.25) is 0 Å². The van der Waals surface area contributed by atoms with Crippen molar-refractivity contribution in [3.8, 4) is 66.8 Å². The second kappa shape index (κ2) is 16.2. The molecule has 0 bridgehead atoms. The fraction of sp³-hybridized carbons (Fsp3) is 0. The average molecular weight is 787 g/mol. The van der Waals surface area contributed by atoms with E-state index in [2.05, 4.69) is 255 Å². The molecule has 0 aliphatic carbocycles. The molecule has 0 heteroatoms. The molecule has 0 aliphatic heterocycles. The maximum absolute atomic E-state index is 2.32.